The first-order chi connectivity index (χ1) is 7.20. The molecule has 0 saturated heterocycles. The van der Waals surface area contributed by atoms with Crippen molar-refractivity contribution in [3.63, 3.8) is 0 Å². The first-order valence-electron chi connectivity index (χ1n) is 5.21. The van der Waals surface area contributed by atoms with Gasteiger partial charge in [0.05, 0.1) is 0 Å². The van der Waals surface area contributed by atoms with Crippen molar-refractivity contribution in [2.24, 2.45) is 10.7 Å². The predicted molar refractivity (Wildman–Crippen MR) is 60.7 cm³/mol. The number of rotatable bonds is 5. The van der Waals surface area contributed by atoms with Crippen LogP contribution in [0.3, 0.4) is 0 Å². The lowest BCUT2D eigenvalue weighted by Crippen LogP contribution is -2.36. The first-order valence-corrected chi connectivity index (χ1v) is 5.21. The highest BCUT2D eigenvalue weighted by molar-refractivity contribution is 5.76. The molecule has 0 unspecified atom stereocenters. The Morgan fingerprint density at radius 3 is 2.67 bits per heavy atom. The van der Waals surface area contributed by atoms with Crippen LogP contribution in [0.4, 0.5) is 0 Å². The van der Waals surface area contributed by atoms with E-state index in [0.717, 1.165) is 12.8 Å². The van der Waals surface area contributed by atoms with Gasteiger partial charge in [0.25, 0.3) is 0 Å². The van der Waals surface area contributed by atoms with Crippen LogP contribution in [0.1, 0.15) is 18.9 Å². The summed E-state index contributed by atoms with van der Waals surface area (Å²) < 4.78 is 0. The van der Waals surface area contributed by atoms with E-state index in [-0.39, 0.29) is 5.90 Å². The minimum atomic E-state index is -0.471. The third-order valence-electron chi connectivity index (χ3n) is 2.12. The highest BCUT2D eigenvalue weighted by atomic mass is 16.3. The Labute approximate surface area is 90.7 Å². The molecular formula is C12H17N2O-. The number of hydrogen-bond donors (Lipinski definition) is 1. The first kappa shape index (κ1) is 11.7. The Kier molecular flexibility index (Phi) is 4.84. The second-order valence-electron chi connectivity index (χ2n) is 3.60. The molecule has 2 N–H and O–H groups in total. The second-order valence-corrected chi connectivity index (χ2v) is 3.60. The molecule has 0 radical (unpaired) electrons. The van der Waals surface area contributed by atoms with E-state index in [2.05, 4.69) is 17.1 Å². The minimum Gasteiger partial charge on any atom is -0.861 e. The molecule has 1 aromatic rings. The van der Waals surface area contributed by atoms with E-state index in [0.29, 0.717) is 6.54 Å². The summed E-state index contributed by atoms with van der Waals surface area (Å²) in [7, 11) is 0. The summed E-state index contributed by atoms with van der Waals surface area (Å²) in [4.78, 5) is 3.87. The second kappa shape index (κ2) is 6.19. The Morgan fingerprint density at radius 2 is 2.07 bits per heavy atom. The maximum absolute atomic E-state index is 11.1. The summed E-state index contributed by atoms with van der Waals surface area (Å²) in [5.74, 6) is -0.205. The topological polar surface area (TPSA) is 61.4 Å². The normalized spacial score (nSPS) is 13.9. The van der Waals surface area contributed by atoms with E-state index in [9.17, 15) is 5.11 Å². The van der Waals surface area contributed by atoms with Crippen LogP contribution in [-0.4, -0.2) is 18.5 Å². The highest BCUT2D eigenvalue weighted by Crippen LogP contribution is 2.02. The molecule has 1 rings (SSSR count). The van der Waals surface area contributed by atoms with E-state index in [1.807, 2.05) is 18.2 Å². The monoisotopic (exact) mass is 205 g/mol. The van der Waals surface area contributed by atoms with Gasteiger partial charge in [-0.25, -0.2) is 0 Å². The number of benzene rings is 1. The Morgan fingerprint density at radius 1 is 1.40 bits per heavy atom. The van der Waals surface area contributed by atoms with Gasteiger partial charge >= 0.3 is 0 Å². The quantitative estimate of drug-likeness (QED) is 0.437. The van der Waals surface area contributed by atoms with Crippen molar-refractivity contribution in [3.05, 3.63) is 35.9 Å². The van der Waals surface area contributed by atoms with Crippen LogP contribution in [0.2, 0.25) is 0 Å². The third kappa shape index (κ3) is 4.61. The number of nitrogens with two attached hydrogens (primary N) is 1. The van der Waals surface area contributed by atoms with Crippen molar-refractivity contribution >= 4 is 5.90 Å². The van der Waals surface area contributed by atoms with E-state index >= 15 is 0 Å². The third-order valence-corrected chi connectivity index (χ3v) is 2.12. The van der Waals surface area contributed by atoms with Crippen LogP contribution < -0.4 is 10.8 Å². The molecule has 3 heteroatoms. The van der Waals surface area contributed by atoms with Crippen molar-refractivity contribution in [1.82, 2.24) is 0 Å². The van der Waals surface area contributed by atoms with E-state index in [4.69, 9.17) is 5.73 Å². The van der Waals surface area contributed by atoms with Gasteiger partial charge in [0, 0.05) is 12.6 Å². The zero-order valence-electron chi connectivity index (χ0n) is 9.02. The fourth-order valence-electron chi connectivity index (χ4n) is 1.26. The lowest BCUT2D eigenvalue weighted by molar-refractivity contribution is -0.220. The molecule has 1 aromatic carbocycles. The van der Waals surface area contributed by atoms with Gasteiger partial charge in [0.1, 0.15) is 0 Å². The summed E-state index contributed by atoms with van der Waals surface area (Å²) in [5, 5.41) is 11.1. The summed E-state index contributed by atoms with van der Waals surface area (Å²) in [6, 6.07) is 9.70. The lowest BCUT2D eigenvalue weighted by Gasteiger charge is -2.13. The molecule has 15 heavy (non-hydrogen) atoms. The van der Waals surface area contributed by atoms with Gasteiger partial charge in [0.15, 0.2) is 0 Å². The van der Waals surface area contributed by atoms with Crippen molar-refractivity contribution in [3.8, 4) is 0 Å². The summed E-state index contributed by atoms with van der Waals surface area (Å²) in [6.45, 7) is 2.22. The molecule has 0 fully saturated rings. The molecule has 0 aliphatic carbocycles. The highest BCUT2D eigenvalue weighted by Gasteiger charge is 1.93. The fraction of sp³-hybridized carbons (Fsp3) is 0.417. The summed E-state index contributed by atoms with van der Waals surface area (Å²) in [5.41, 5.74) is 6.66. The molecule has 3 nitrogen and oxygen atoms in total. The molecule has 82 valence electrons. The number of aliphatic imine (C=N–C) groups is 1. The molecule has 0 amide bonds. The van der Waals surface area contributed by atoms with Gasteiger partial charge in [-0.2, -0.15) is 0 Å². The smallest absolute Gasteiger partial charge is 0.0382 e. The van der Waals surface area contributed by atoms with Crippen LogP contribution in [0.15, 0.2) is 35.3 Å². The number of nitrogens with zero attached hydrogens (tertiary/aromatic N) is 1. The predicted octanol–water partition coefficient (Wildman–Crippen LogP) is 0.725. The molecule has 0 aromatic heterocycles. The molecule has 0 spiro atoms. The van der Waals surface area contributed by atoms with Crippen molar-refractivity contribution in [1.29, 1.82) is 0 Å². The average Bonchev–Trinajstić information content (AvgIpc) is 2.25. The zero-order valence-corrected chi connectivity index (χ0v) is 9.02. The molecular weight excluding hydrogens is 188 g/mol. The summed E-state index contributed by atoms with van der Waals surface area (Å²) >= 11 is 0. The van der Waals surface area contributed by atoms with Gasteiger partial charge in [0.2, 0.25) is 0 Å². The molecule has 0 aliphatic heterocycles. The van der Waals surface area contributed by atoms with Gasteiger partial charge in [-0.3, -0.25) is 0 Å². The van der Waals surface area contributed by atoms with Crippen LogP contribution in [0.25, 0.3) is 0 Å². The number of hydrogen-bond acceptors (Lipinski definition) is 3. The van der Waals surface area contributed by atoms with E-state index in [1.165, 1.54) is 5.56 Å². The molecule has 0 bridgehead atoms. The standard InChI is InChI=1S/C12H18N2O/c1-10(13)12(15)14-9-5-8-11-6-3-2-4-7-11/h2-4,6-7,10H,5,8-9,13H2,1H3,(H,14,15)/p-1/t10-/m0/s1. The Bertz CT molecular complexity index is 307. The van der Waals surface area contributed by atoms with Crippen LogP contribution in [0.5, 0.6) is 0 Å². The van der Waals surface area contributed by atoms with E-state index < -0.39 is 6.04 Å². The van der Waals surface area contributed by atoms with Gasteiger partial charge in [-0.15, -0.1) is 0 Å². The van der Waals surface area contributed by atoms with Gasteiger partial charge < -0.3 is 15.8 Å². The SMILES string of the molecule is C[C@H](N)C([O-])=NCCCc1ccccc1. The zero-order chi connectivity index (χ0) is 11.1. The molecule has 0 aliphatic rings. The maximum atomic E-state index is 11.1. The van der Waals surface area contributed by atoms with Crippen LogP contribution in [0, 0.1) is 0 Å². The van der Waals surface area contributed by atoms with Crippen LogP contribution in [-0.2, 0) is 6.42 Å². The fourth-order valence-corrected chi connectivity index (χ4v) is 1.26. The minimum absolute atomic E-state index is 0.205. The molecule has 0 heterocycles. The van der Waals surface area contributed by atoms with Gasteiger partial charge in [-0.05, 0) is 31.2 Å². The number of aryl methyl sites for hydroxylation is 1. The van der Waals surface area contributed by atoms with Crippen molar-refractivity contribution in [2.45, 2.75) is 25.8 Å². The maximum Gasteiger partial charge on any atom is 0.0382 e. The Hall–Kier alpha value is -1.35. The average molecular weight is 205 g/mol. The van der Waals surface area contributed by atoms with Crippen molar-refractivity contribution < 1.29 is 5.11 Å². The molecule has 0 saturated carbocycles. The van der Waals surface area contributed by atoms with Crippen molar-refractivity contribution in [2.75, 3.05) is 6.54 Å². The summed E-state index contributed by atoms with van der Waals surface area (Å²) in [6.07, 6.45) is 1.85. The molecule has 1 atom stereocenters. The van der Waals surface area contributed by atoms with E-state index in [1.54, 1.807) is 6.92 Å². The van der Waals surface area contributed by atoms with Gasteiger partial charge in [-0.1, -0.05) is 30.3 Å². The lowest BCUT2D eigenvalue weighted by atomic mass is 10.1. The Balaban J connectivity index is 2.26. The largest absolute Gasteiger partial charge is 0.861 e. The van der Waals surface area contributed by atoms with Crippen LogP contribution >= 0.6 is 0 Å².